The van der Waals surface area contributed by atoms with Crippen molar-refractivity contribution in [1.82, 2.24) is 10.4 Å². The van der Waals surface area contributed by atoms with Crippen molar-refractivity contribution in [1.29, 1.82) is 0 Å². The van der Waals surface area contributed by atoms with E-state index in [-0.39, 0.29) is 13.0 Å². The Labute approximate surface area is 184 Å². The number of carbonyl (C=O) groups is 4. The molecule has 1 saturated heterocycles. The third kappa shape index (κ3) is 5.21. The topological polar surface area (TPSA) is 96.0 Å². The Morgan fingerprint density at radius 2 is 1.77 bits per heavy atom. The Morgan fingerprint density at radius 3 is 2.39 bits per heavy atom. The van der Waals surface area contributed by atoms with Crippen molar-refractivity contribution in [3.8, 4) is 5.75 Å². The average Bonchev–Trinajstić information content (AvgIpc) is 3.05. The molecule has 0 saturated carbocycles. The van der Waals surface area contributed by atoms with Crippen LogP contribution in [-0.2, 0) is 19.2 Å². The SMILES string of the molecule is CC(C)C(=O)N(NC(=O)COc1ccc(Cl)cc1)C1CC(=O)N(c2ccccc2)C1=O. The minimum absolute atomic E-state index is 0.232. The molecule has 2 aromatic rings. The van der Waals surface area contributed by atoms with Gasteiger partial charge in [-0.15, -0.1) is 0 Å². The number of halogens is 1. The van der Waals surface area contributed by atoms with Gasteiger partial charge in [0.05, 0.1) is 12.1 Å². The summed E-state index contributed by atoms with van der Waals surface area (Å²) in [6.07, 6.45) is -0.232. The molecule has 4 amide bonds. The molecule has 162 valence electrons. The van der Waals surface area contributed by atoms with Crippen LogP contribution in [-0.4, -0.2) is 41.3 Å². The Morgan fingerprint density at radius 1 is 1.13 bits per heavy atom. The Hall–Kier alpha value is -3.39. The summed E-state index contributed by atoms with van der Waals surface area (Å²) in [5.74, 6) is -2.24. The fraction of sp³-hybridized carbons (Fsp3) is 0.273. The smallest absolute Gasteiger partial charge is 0.276 e. The number of nitrogens with one attached hydrogen (secondary N) is 1. The van der Waals surface area contributed by atoms with Crippen LogP contribution >= 0.6 is 11.6 Å². The van der Waals surface area contributed by atoms with E-state index in [2.05, 4.69) is 5.43 Å². The Bertz CT molecular complexity index is 978. The molecule has 1 fully saturated rings. The van der Waals surface area contributed by atoms with Crippen molar-refractivity contribution in [2.45, 2.75) is 26.3 Å². The summed E-state index contributed by atoms with van der Waals surface area (Å²) in [6, 6.07) is 13.7. The lowest BCUT2D eigenvalue weighted by molar-refractivity contribution is -0.150. The lowest BCUT2D eigenvalue weighted by Crippen LogP contribution is -2.56. The lowest BCUT2D eigenvalue weighted by Gasteiger charge is -2.29. The third-order valence-corrected chi connectivity index (χ3v) is 4.86. The normalized spacial score (nSPS) is 15.9. The molecule has 31 heavy (non-hydrogen) atoms. The molecular weight excluding hydrogens is 422 g/mol. The number of hydrogen-bond donors (Lipinski definition) is 1. The first-order chi connectivity index (χ1) is 14.8. The van der Waals surface area contributed by atoms with E-state index >= 15 is 0 Å². The van der Waals surface area contributed by atoms with E-state index in [4.69, 9.17) is 16.3 Å². The highest BCUT2D eigenvalue weighted by Crippen LogP contribution is 2.25. The molecule has 0 bridgehead atoms. The van der Waals surface area contributed by atoms with Gasteiger partial charge in [-0.25, -0.2) is 9.91 Å². The number of benzene rings is 2. The van der Waals surface area contributed by atoms with E-state index in [1.165, 1.54) is 0 Å². The van der Waals surface area contributed by atoms with E-state index in [0.29, 0.717) is 16.5 Å². The minimum atomic E-state index is -1.14. The number of amides is 4. The summed E-state index contributed by atoms with van der Waals surface area (Å²) in [7, 11) is 0. The summed E-state index contributed by atoms with van der Waals surface area (Å²) in [6.45, 7) is 2.89. The number of hydrazine groups is 1. The van der Waals surface area contributed by atoms with Crippen LogP contribution < -0.4 is 15.1 Å². The molecule has 0 aliphatic carbocycles. The summed E-state index contributed by atoms with van der Waals surface area (Å²) in [5.41, 5.74) is 2.85. The largest absolute Gasteiger partial charge is 0.484 e. The molecule has 9 heteroatoms. The van der Waals surface area contributed by atoms with Crippen molar-refractivity contribution in [3.05, 3.63) is 59.6 Å². The monoisotopic (exact) mass is 443 g/mol. The first kappa shape index (κ1) is 22.3. The fourth-order valence-electron chi connectivity index (χ4n) is 3.08. The van der Waals surface area contributed by atoms with E-state index in [1.54, 1.807) is 68.4 Å². The predicted molar refractivity (Wildman–Crippen MR) is 114 cm³/mol. The molecule has 0 aromatic heterocycles. The van der Waals surface area contributed by atoms with E-state index in [9.17, 15) is 19.2 Å². The zero-order chi connectivity index (χ0) is 22.5. The highest BCUT2D eigenvalue weighted by molar-refractivity contribution is 6.30. The second kappa shape index (κ2) is 9.61. The fourth-order valence-corrected chi connectivity index (χ4v) is 3.20. The second-order valence-electron chi connectivity index (χ2n) is 7.26. The van der Waals surface area contributed by atoms with Crippen LogP contribution in [0.1, 0.15) is 20.3 Å². The van der Waals surface area contributed by atoms with Crippen LogP contribution in [0.2, 0.25) is 5.02 Å². The lowest BCUT2D eigenvalue weighted by atomic mass is 10.1. The number of hydrogen-bond acceptors (Lipinski definition) is 5. The zero-order valence-corrected chi connectivity index (χ0v) is 17.8. The molecule has 1 aliphatic rings. The van der Waals surface area contributed by atoms with Gasteiger partial charge in [0, 0.05) is 10.9 Å². The van der Waals surface area contributed by atoms with Crippen LogP contribution in [0.15, 0.2) is 54.6 Å². The first-order valence-electron chi connectivity index (χ1n) is 9.70. The van der Waals surface area contributed by atoms with Gasteiger partial charge in [-0.1, -0.05) is 43.6 Å². The van der Waals surface area contributed by atoms with Gasteiger partial charge in [0.15, 0.2) is 6.61 Å². The van der Waals surface area contributed by atoms with Gasteiger partial charge in [-0.2, -0.15) is 0 Å². The van der Waals surface area contributed by atoms with Gasteiger partial charge >= 0.3 is 0 Å². The number of nitrogens with zero attached hydrogens (tertiary/aromatic N) is 2. The van der Waals surface area contributed by atoms with E-state index in [0.717, 1.165) is 9.91 Å². The molecule has 3 rings (SSSR count). The first-order valence-corrected chi connectivity index (χ1v) is 10.1. The maximum atomic E-state index is 13.0. The number of carbonyl (C=O) groups excluding carboxylic acids is 4. The molecule has 0 spiro atoms. The van der Waals surface area contributed by atoms with Crippen LogP contribution in [0.5, 0.6) is 5.75 Å². The second-order valence-corrected chi connectivity index (χ2v) is 7.70. The number of imide groups is 1. The third-order valence-electron chi connectivity index (χ3n) is 4.61. The number of anilines is 1. The highest BCUT2D eigenvalue weighted by atomic mass is 35.5. The summed E-state index contributed by atoms with van der Waals surface area (Å²) >= 11 is 5.82. The van der Waals surface area contributed by atoms with Crippen molar-refractivity contribution >= 4 is 40.9 Å². The molecule has 1 aliphatic heterocycles. The van der Waals surface area contributed by atoms with Gasteiger partial charge < -0.3 is 4.74 Å². The van der Waals surface area contributed by atoms with Gasteiger partial charge in [0.25, 0.3) is 11.8 Å². The quantitative estimate of drug-likeness (QED) is 0.546. The van der Waals surface area contributed by atoms with Crippen LogP contribution in [0.3, 0.4) is 0 Å². The molecule has 1 atom stereocenters. The van der Waals surface area contributed by atoms with Crippen molar-refractivity contribution < 1.29 is 23.9 Å². The molecule has 0 radical (unpaired) electrons. The van der Waals surface area contributed by atoms with Gasteiger partial charge in [0.1, 0.15) is 11.8 Å². The number of para-hydroxylation sites is 1. The molecule has 8 nitrogen and oxygen atoms in total. The van der Waals surface area contributed by atoms with E-state index < -0.39 is 35.6 Å². The summed E-state index contributed by atoms with van der Waals surface area (Å²) in [5, 5.41) is 1.47. The van der Waals surface area contributed by atoms with Crippen LogP contribution in [0.4, 0.5) is 5.69 Å². The number of rotatable bonds is 6. The maximum absolute atomic E-state index is 13.0. The maximum Gasteiger partial charge on any atom is 0.276 e. The average molecular weight is 444 g/mol. The van der Waals surface area contributed by atoms with Crippen molar-refractivity contribution in [2.75, 3.05) is 11.5 Å². The van der Waals surface area contributed by atoms with Crippen molar-refractivity contribution in [3.63, 3.8) is 0 Å². The standard InChI is InChI=1S/C22H22ClN3O5/c1-14(2)21(29)26(24-19(27)13-31-17-10-8-15(23)9-11-17)18-12-20(28)25(22(18)30)16-6-4-3-5-7-16/h3-11,14,18H,12-13H2,1-2H3,(H,24,27). The number of ether oxygens (including phenoxy) is 1. The highest BCUT2D eigenvalue weighted by Gasteiger charge is 2.45. The molecular formula is C22H22ClN3O5. The Balaban J connectivity index is 1.74. The van der Waals surface area contributed by atoms with Gasteiger partial charge in [-0.3, -0.25) is 24.6 Å². The van der Waals surface area contributed by atoms with E-state index in [1.807, 2.05) is 0 Å². The molecule has 1 N–H and O–H groups in total. The molecule has 1 unspecified atom stereocenters. The summed E-state index contributed by atoms with van der Waals surface area (Å²) in [4.78, 5) is 51.8. The Kier molecular flexibility index (Phi) is 6.91. The van der Waals surface area contributed by atoms with Gasteiger partial charge in [0.2, 0.25) is 11.8 Å². The van der Waals surface area contributed by atoms with Crippen LogP contribution in [0.25, 0.3) is 0 Å². The van der Waals surface area contributed by atoms with Gasteiger partial charge in [-0.05, 0) is 36.4 Å². The molecule has 2 aromatic carbocycles. The zero-order valence-electron chi connectivity index (χ0n) is 17.1. The summed E-state index contributed by atoms with van der Waals surface area (Å²) < 4.78 is 5.39. The molecule has 1 heterocycles. The van der Waals surface area contributed by atoms with Crippen LogP contribution in [0, 0.1) is 5.92 Å². The predicted octanol–water partition coefficient (Wildman–Crippen LogP) is 2.57. The van der Waals surface area contributed by atoms with Crippen molar-refractivity contribution in [2.24, 2.45) is 5.92 Å². The minimum Gasteiger partial charge on any atom is -0.484 e.